The number of hydrogen-bond acceptors (Lipinski definition) is 9. The van der Waals surface area contributed by atoms with Gasteiger partial charge in [-0.25, -0.2) is 0 Å². The summed E-state index contributed by atoms with van der Waals surface area (Å²) in [5.74, 6) is 0.275. The highest BCUT2D eigenvalue weighted by Crippen LogP contribution is 2.39. The van der Waals surface area contributed by atoms with Gasteiger partial charge in [0, 0.05) is 46.7 Å². The average Bonchev–Trinajstić information content (AvgIpc) is 3.76. The van der Waals surface area contributed by atoms with Crippen LogP contribution in [0.1, 0.15) is 117 Å². The van der Waals surface area contributed by atoms with Gasteiger partial charge in [0.2, 0.25) is 0 Å². The lowest BCUT2D eigenvalue weighted by Crippen LogP contribution is -2.27. The van der Waals surface area contributed by atoms with Crippen LogP contribution in [0.5, 0.6) is 5.75 Å². The number of carbonyl (C=O) groups is 2. The Morgan fingerprint density at radius 1 is 0.870 bits per heavy atom. The van der Waals surface area contributed by atoms with Gasteiger partial charge in [-0.05, 0) is 81.4 Å². The number of hydrogen-bond donors (Lipinski definition) is 0. The van der Waals surface area contributed by atoms with Gasteiger partial charge in [0.15, 0.2) is 5.57 Å². The first kappa shape index (κ1) is 43.6. The first-order valence-electron chi connectivity index (χ1n) is 19.8. The normalized spacial score (nSPS) is 13.2. The van der Waals surface area contributed by atoms with Crippen molar-refractivity contribution in [3.63, 3.8) is 0 Å². The van der Waals surface area contributed by atoms with Gasteiger partial charge < -0.3 is 19.3 Å². The molecule has 0 spiro atoms. The number of carbonyl (C=O) groups excluding carboxylic acids is 2. The van der Waals surface area contributed by atoms with E-state index < -0.39 is 0 Å². The number of rotatable bonds is 24. The fourth-order valence-electron chi connectivity index (χ4n) is 6.27. The van der Waals surface area contributed by atoms with Crippen molar-refractivity contribution in [1.29, 1.82) is 15.8 Å². The molecule has 1 aliphatic rings. The summed E-state index contributed by atoms with van der Waals surface area (Å²) in [6.45, 7) is 13.7. The minimum Gasteiger partial charge on any atom is -0.493 e. The van der Waals surface area contributed by atoms with Crippen LogP contribution in [0.25, 0.3) is 16.5 Å². The Kier molecular flexibility index (Phi) is 19.1. The third-order valence-electron chi connectivity index (χ3n) is 9.53. The molecule has 0 saturated heterocycles. The minimum absolute atomic E-state index is 0.0288. The molecule has 1 amide bonds. The van der Waals surface area contributed by atoms with Crippen LogP contribution < -0.4 is 9.64 Å². The van der Waals surface area contributed by atoms with Gasteiger partial charge in [0.05, 0.1) is 36.0 Å². The summed E-state index contributed by atoms with van der Waals surface area (Å²) in [5, 5.41) is 29.2. The van der Waals surface area contributed by atoms with Gasteiger partial charge in [0.1, 0.15) is 24.0 Å². The van der Waals surface area contributed by atoms with E-state index in [4.69, 9.17) is 9.47 Å². The van der Waals surface area contributed by atoms with E-state index in [9.17, 15) is 25.4 Å². The summed E-state index contributed by atoms with van der Waals surface area (Å²) < 4.78 is 12.1. The average molecular weight is 752 g/mol. The number of nitrogens with zero attached hydrogens (tertiary/aromatic N) is 5. The predicted octanol–water partition coefficient (Wildman–Crippen LogP) is 10.5. The van der Waals surface area contributed by atoms with Gasteiger partial charge >= 0.3 is 5.97 Å². The molecule has 3 rings (SSSR count). The maximum Gasteiger partial charge on any atom is 0.308 e. The van der Waals surface area contributed by atoms with Gasteiger partial charge in [-0.3, -0.25) is 9.59 Å². The number of thiophene rings is 1. The molecule has 54 heavy (non-hydrogen) atoms. The molecule has 0 fully saturated rings. The zero-order valence-electron chi connectivity index (χ0n) is 32.9. The van der Waals surface area contributed by atoms with Crippen molar-refractivity contribution in [2.75, 3.05) is 37.7 Å². The van der Waals surface area contributed by atoms with E-state index in [-0.39, 0.29) is 40.2 Å². The van der Waals surface area contributed by atoms with Crippen molar-refractivity contribution in [2.24, 2.45) is 5.92 Å². The van der Waals surface area contributed by atoms with E-state index in [1.54, 1.807) is 23.5 Å². The first-order valence-corrected chi connectivity index (χ1v) is 20.6. The number of benzene rings is 1. The molecule has 0 aliphatic carbocycles. The van der Waals surface area contributed by atoms with E-state index in [0.29, 0.717) is 32.6 Å². The summed E-state index contributed by atoms with van der Waals surface area (Å²) in [6.07, 6.45) is 14.6. The fraction of sp³-hybridized carbons (Fsp3) is 0.523. The molecule has 10 heteroatoms. The highest BCUT2D eigenvalue weighted by atomic mass is 32.1. The molecule has 2 heterocycles. The van der Waals surface area contributed by atoms with Crippen LogP contribution in [0.4, 0.5) is 5.69 Å². The molecule has 1 aromatic carbocycles. The van der Waals surface area contributed by atoms with Crippen molar-refractivity contribution in [3.05, 3.63) is 63.7 Å². The second-order valence-electron chi connectivity index (χ2n) is 13.5. The quantitative estimate of drug-likeness (QED) is 0.0588. The molecule has 0 bridgehead atoms. The highest BCUT2D eigenvalue weighted by molar-refractivity contribution is 7.16. The lowest BCUT2D eigenvalue weighted by Gasteiger charge is -2.26. The molecule has 1 aliphatic heterocycles. The first-order chi connectivity index (χ1) is 26.3. The fourth-order valence-corrected chi connectivity index (χ4v) is 7.21. The topological polar surface area (TPSA) is 130 Å². The van der Waals surface area contributed by atoms with Crippen molar-refractivity contribution in [1.82, 2.24) is 4.90 Å². The smallest absolute Gasteiger partial charge is 0.308 e. The minimum atomic E-state index is -0.385. The third-order valence-corrected chi connectivity index (χ3v) is 10.6. The number of unbranched alkanes of at least 4 members (excludes halogenated alkanes) is 5. The molecule has 288 valence electrons. The van der Waals surface area contributed by atoms with Crippen LogP contribution in [0.2, 0.25) is 0 Å². The number of allylic oxidation sites excluding steroid dienone is 2. The van der Waals surface area contributed by atoms with Gasteiger partial charge in [-0.15, -0.1) is 11.3 Å². The van der Waals surface area contributed by atoms with E-state index in [0.717, 1.165) is 104 Å². The van der Waals surface area contributed by atoms with E-state index >= 15 is 0 Å². The molecule has 0 radical (unpaired) electrons. The third kappa shape index (κ3) is 12.1. The molecular weight excluding hydrogens is 695 g/mol. The van der Waals surface area contributed by atoms with E-state index in [2.05, 4.69) is 49.9 Å². The Morgan fingerprint density at radius 2 is 1.56 bits per heavy atom. The summed E-state index contributed by atoms with van der Waals surface area (Å²) in [7, 11) is 0. The molecule has 0 N–H and O–H groups in total. The monoisotopic (exact) mass is 751 g/mol. The Labute approximate surface area is 327 Å². The zero-order chi connectivity index (χ0) is 39.3. The zero-order valence-corrected chi connectivity index (χ0v) is 33.7. The highest BCUT2D eigenvalue weighted by Gasteiger charge is 2.36. The molecular formula is C44H57N5O4S. The van der Waals surface area contributed by atoms with Crippen molar-refractivity contribution in [3.8, 4) is 34.4 Å². The maximum atomic E-state index is 13.5. The summed E-state index contributed by atoms with van der Waals surface area (Å²) in [4.78, 5) is 31.7. The molecule has 2 aromatic rings. The predicted molar refractivity (Wildman–Crippen MR) is 217 cm³/mol. The lowest BCUT2D eigenvalue weighted by atomic mass is 10.00. The molecule has 9 nitrogen and oxygen atoms in total. The molecule has 1 aromatic heterocycles. The lowest BCUT2D eigenvalue weighted by molar-refractivity contribution is -0.149. The van der Waals surface area contributed by atoms with Crippen LogP contribution >= 0.6 is 11.3 Å². The molecule has 1 atom stereocenters. The Balaban J connectivity index is 1.87. The van der Waals surface area contributed by atoms with E-state index in [1.165, 1.54) is 4.90 Å². The second-order valence-corrected chi connectivity index (χ2v) is 14.7. The van der Waals surface area contributed by atoms with Gasteiger partial charge in [-0.2, -0.15) is 15.8 Å². The standard InChI is InChI=1S/C44H57N5O4S/c1-6-11-17-33(10-5)44(51)53-28-16-15-27-52-40-29-35(48(24-12-7-2)25-13-8-3)18-21-38(40)41-23-20-36(54-41)19-22-37-39(32-47)42(34(30-45)31-46)49(43(37)50)26-14-9-4/h18-23,29,33H,6-17,24-28H2,1-5H3/b22-19+. The molecule has 0 saturated carbocycles. The maximum absolute atomic E-state index is 13.5. The number of nitriles is 3. The Hall–Kier alpha value is -4.85. The van der Waals surface area contributed by atoms with Crippen LogP contribution in [-0.4, -0.2) is 49.6 Å². The van der Waals surface area contributed by atoms with E-state index in [1.807, 2.05) is 38.1 Å². The number of anilines is 1. The SMILES string of the molecule is CCCCC(CC)C(=O)OCCCCOc1cc(N(CCCC)CCCC)ccc1-c1ccc(/C=C/C2=C(C#N)C(=C(C#N)C#N)N(CCCC)C2=O)s1. The van der Waals surface area contributed by atoms with Crippen molar-refractivity contribution >= 4 is 35.0 Å². The molecule has 1 unspecified atom stereocenters. The summed E-state index contributed by atoms with van der Waals surface area (Å²) in [5.41, 5.74) is 2.15. The largest absolute Gasteiger partial charge is 0.493 e. The summed E-state index contributed by atoms with van der Waals surface area (Å²) >= 11 is 1.54. The summed E-state index contributed by atoms with van der Waals surface area (Å²) in [6, 6.07) is 16.2. The van der Waals surface area contributed by atoms with Gasteiger partial charge in [-0.1, -0.05) is 66.7 Å². The van der Waals surface area contributed by atoms with Crippen LogP contribution in [-0.2, 0) is 14.3 Å². The van der Waals surface area contributed by atoms with Crippen LogP contribution in [0, 0.1) is 39.9 Å². The Morgan fingerprint density at radius 3 is 2.19 bits per heavy atom. The Bertz CT molecular complexity index is 1750. The van der Waals surface area contributed by atoms with Gasteiger partial charge in [0.25, 0.3) is 5.91 Å². The number of amides is 1. The number of esters is 1. The van der Waals surface area contributed by atoms with Crippen molar-refractivity contribution < 1.29 is 19.1 Å². The van der Waals surface area contributed by atoms with Crippen LogP contribution in [0.15, 0.2) is 58.8 Å². The van der Waals surface area contributed by atoms with Crippen molar-refractivity contribution in [2.45, 2.75) is 112 Å². The second kappa shape index (κ2) is 23.7. The van der Waals surface area contributed by atoms with Crippen LogP contribution in [0.3, 0.4) is 0 Å². The number of ether oxygens (including phenoxy) is 2.